The second-order valence-electron chi connectivity index (χ2n) is 3.95. The van der Waals surface area contributed by atoms with Crippen LogP contribution in [0.2, 0.25) is 5.02 Å². The number of nitrogens with one attached hydrogen (secondary N) is 1. The lowest BCUT2D eigenvalue weighted by Crippen LogP contribution is -2.33. The molecule has 2 N–H and O–H groups in total. The van der Waals surface area contributed by atoms with E-state index in [1.165, 1.54) is 11.9 Å². The van der Waals surface area contributed by atoms with Gasteiger partial charge in [0.15, 0.2) is 0 Å². The number of nitrogens with zero attached hydrogens (tertiary/aromatic N) is 1. The molecule has 0 aromatic heterocycles. The summed E-state index contributed by atoms with van der Waals surface area (Å²) in [5.74, 6) is -0.936. The normalized spacial score (nSPS) is 9.94. The molecule has 0 spiro atoms. The van der Waals surface area contributed by atoms with Gasteiger partial charge in [-0.05, 0) is 24.6 Å². The van der Waals surface area contributed by atoms with E-state index in [9.17, 15) is 9.59 Å². The van der Waals surface area contributed by atoms with Gasteiger partial charge in [0.25, 0.3) is 0 Å². The number of carboxylic acids is 1. The van der Waals surface area contributed by atoms with E-state index in [1.807, 2.05) is 6.92 Å². The highest BCUT2D eigenvalue weighted by molar-refractivity contribution is 6.31. The van der Waals surface area contributed by atoms with Gasteiger partial charge >= 0.3 is 12.0 Å². The Kier molecular flexibility index (Phi) is 4.97. The summed E-state index contributed by atoms with van der Waals surface area (Å²) >= 11 is 5.84. The molecule has 0 atom stereocenters. The second kappa shape index (κ2) is 6.26. The molecule has 0 fully saturated rings. The second-order valence-corrected chi connectivity index (χ2v) is 4.39. The van der Waals surface area contributed by atoms with Gasteiger partial charge in [0.1, 0.15) is 0 Å². The fraction of sp³-hybridized carbons (Fsp3) is 0.333. The van der Waals surface area contributed by atoms with E-state index >= 15 is 0 Å². The van der Waals surface area contributed by atoms with Crippen molar-refractivity contribution in [1.29, 1.82) is 0 Å². The molecule has 6 heteroatoms. The number of rotatable bonds is 4. The van der Waals surface area contributed by atoms with Crippen molar-refractivity contribution in [2.75, 3.05) is 18.9 Å². The van der Waals surface area contributed by atoms with Gasteiger partial charge in [-0.2, -0.15) is 0 Å². The fourth-order valence-corrected chi connectivity index (χ4v) is 1.48. The standard InChI is InChI=1S/C12H15ClN2O3/c1-8-3-4-9(13)7-10(8)14-12(18)15(2)6-5-11(16)17/h3-4,7H,5-6H2,1-2H3,(H,14,18)(H,16,17). The lowest BCUT2D eigenvalue weighted by Gasteiger charge is -2.18. The first-order chi connectivity index (χ1) is 8.40. The third-order valence-corrected chi connectivity index (χ3v) is 2.68. The van der Waals surface area contributed by atoms with E-state index < -0.39 is 5.97 Å². The maximum atomic E-state index is 11.8. The average Bonchev–Trinajstić information content (AvgIpc) is 2.30. The predicted octanol–water partition coefficient (Wildman–Crippen LogP) is 2.59. The lowest BCUT2D eigenvalue weighted by atomic mass is 10.2. The Labute approximate surface area is 110 Å². The summed E-state index contributed by atoms with van der Waals surface area (Å²) in [5.41, 5.74) is 1.51. The first kappa shape index (κ1) is 14.3. The molecular weight excluding hydrogens is 256 g/mol. The summed E-state index contributed by atoms with van der Waals surface area (Å²) in [6.45, 7) is 2.00. The Hall–Kier alpha value is -1.75. The number of hydrogen-bond donors (Lipinski definition) is 2. The third-order valence-electron chi connectivity index (χ3n) is 2.45. The van der Waals surface area contributed by atoms with Crippen LogP contribution in [-0.4, -0.2) is 35.6 Å². The van der Waals surface area contributed by atoms with Gasteiger partial charge in [-0.3, -0.25) is 4.79 Å². The van der Waals surface area contributed by atoms with Crippen molar-refractivity contribution in [2.24, 2.45) is 0 Å². The molecule has 0 bridgehead atoms. The number of benzene rings is 1. The zero-order valence-corrected chi connectivity index (χ0v) is 11.0. The van der Waals surface area contributed by atoms with Crippen molar-refractivity contribution in [1.82, 2.24) is 4.90 Å². The molecule has 1 aromatic rings. The molecule has 18 heavy (non-hydrogen) atoms. The number of anilines is 1. The van der Waals surface area contributed by atoms with Gasteiger partial charge in [0, 0.05) is 24.3 Å². The van der Waals surface area contributed by atoms with Gasteiger partial charge in [-0.1, -0.05) is 17.7 Å². The van der Waals surface area contributed by atoms with Crippen LogP contribution in [0.15, 0.2) is 18.2 Å². The minimum Gasteiger partial charge on any atom is -0.481 e. The van der Waals surface area contributed by atoms with Crippen LogP contribution in [0, 0.1) is 6.92 Å². The summed E-state index contributed by atoms with van der Waals surface area (Å²) < 4.78 is 0. The molecule has 1 rings (SSSR count). The topological polar surface area (TPSA) is 69.6 Å². The van der Waals surface area contributed by atoms with E-state index in [0.29, 0.717) is 10.7 Å². The highest BCUT2D eigenvalue weighted by Gasteiger charge is 2.11. The summed E-state index contributed by atoms with van der Waals surface area (Å²) in [5, 5.41) is 11.8. The molecule has 0 unspecified atom stereocenters. The Bertz CT molecular complexity index is 463. The number of amides is 2. The molecule has 2 amide bonds. The van der Waals surface area contributed by atoms with Crippen molar-refractivity contribution in [2.45, 2.75) is 13.3 Å². The maximum absolute atomic E-state index is 11.8. The van der Waals surface area contributed by atoms with Crippen molar-refractivity contribution < 1.29 is 14.7 Å². The zero-order chi connectivity index (χ0) is 13.7. The predicted molar refractivity (Wildman–Crippen MR) is 70.1 cm³/mol. The number of carbonyl (C=O) groups is 2. The minimum absolute atomic E-state index is 0.0849. The summed E-state index contributed by atoms with van der Waals surface area (Å²) in [6, 6.07) is 4.83. The van der Waals surface area contributed by atoms with Crippen LogP contribution in [0.25, 0.3) is 0 Å². The van der Waals surface area contributed by atoms with E-state index in [0.717, 1.165) is 5.56 Å². The number of halogens is 1. The highest BCUT2D eigenvalue weighted by Crippen LogP contribution is 2.20. The van der Waals surface area contributed by atoms with Crippen LogP contribution < -0.4 is 5.32 Å². The maximum Gasteiger partial charge on any atom is 0.321 e. The van der Waals surface area contributed by atoms with E-state index in [2.05, 4.69) is 5.32 Å². The summed E-state index contributed by atoms with van der Waals surface area (Å²) in [7, 11) is 1.54. The van der Waals surface area contributed by atoms with Gasteiger partial charge in [-0.15, -0.1) is 0 Å². The van der Waals surface area contributed by atoms with Gasteiger partial charge < -0.3 is 15.3 Å². The van der Waals surface area contributed by atoms with Crippen LogP contribution in [0.1, 0.15) is 12.0 Å². The molecule has 98 valence electrons. The Balaban J connectivity index is 2.63. The minimum atomic E-state index is -0.936. The van der Waals surface area contributed by atoms with Crippen LogP contribution in [0.3, 0.4) is 0 Å². The van der Waals surface area contributed by atoms with Crippen molar-refractivity contribution in [3.8, 4) is 0 Å². The van der Waals surface area contributed by atoms with Crippen LogP contribution in [0.4, 0.5) is 10.5 Å². The quantitative estimate of drug-likeness (QED) is 0.883. The number of urea groups is 1. The van der Waals surface area contributed by atoms with E-state index in [-0.39, 0.29) is 19.0 Å². The molecule has 0 heterocycles. The first-order valence-electron chi connectivity index (χ1n) is 5.40. The average molecular weight is 271 g/mol. The van der Waals surface area contributed by atoms with Crippen molar-refractivity contribution in [3.63, 3.8) is 0 Å². The highest BCUT2D eigenvalue weighted by atomic mass is 35.5. The molecule has 0 aliphatic heterocycles. The molecule has 0 saturated carbocycles. The van der Waals surface area contributed by atoms with Gasteiger partial charge in [-0.25, -0.2) is 4.79 Å². The number of hydrogen-bond acceptors (Lipinski definition) is 2. The first-order valence-corrected chi connectivity index (χ1v) is 5.78. The monoisotopic (exact) mass is 270 g/mol. The van der Waals surface area contributed by atoms with Crippen LogP contribution in [-0.2, 0) is 4.79 Å². The lowest BCUT2D eigenvalue weighted by molar-refractivity contribution is -0.137. The van der Waals surface area contributed by atoms with E-state index in [4.69, 9.17) is 16.7 Å². The Morgan fingerprint density at radius 1 is 1.44 bits per heavy atom. The number of carboxylic acid groups (broad SMARTS) is 1. The van der Waals surface area contributed by atoms with Crippen LogP contribution >= 0.6 is 11.6 Å². The molecule has 0 saturated heterocycles. The fourth-order valence-electron chi connectivity index (χ4n) is 1.30. The number of carbonyl (C=O) groups excluding carboxylic acids is 1. The van der Waals surface area contributed by atoms with Crippen LogP contribution in [0.5, 0.6) is 0 Å². The van der Waals surface area contributed by atoms with Gasteiger partial charge in [0.2, 0.25) is 0 Å². The van der Waals surface area contributed by atoms with E-state index in [1.54, 1.807) is 18.2 Å². The number of aryl methyl sites for hydroxylation is 1. The van der Waals surface area contributed by atoms with Crippen molar-refractivity contribution in [3.05, 3.63) is 28.8 Å². The Morgan fingerprint density at radius 3 is 2.72 bits per heavy atom. The molecule has 1 aromatic carbocycles. The van der Waals surface area contributed by atoms with Crippen molar-refractivity contribution >= 4 is 29.3 Å². The summed E-state index contributed by atoms with van der Waals surface area (Å²) in [6.07, 6.45) is -0.0849. The molecule has 0 aliphatic rings. The molecule has 0 aliphatic carbocycles. The zero-order valence-electron chi connectivity index (χ0n) is 10.2. The molecular formula is C12H15ClN2O3. The molecule has 0 radical (unpaired) electrons. The SMILES string of the molecule is Cc1ccc(Cl)cc1NC(=O)N(C)CCC(=O)O. The third kappa shape index (κ3) is 4.25. The molecule has 5 nitrogen and oxygen atoms in total. The smallest absolute Gasteiger partial charge is 0.321 e. The van der Waals surface area contributed by atoms with Gasteiger partial charge in [0.05, 0.1) is 6.42 Å². The summed E-state index contributed by atoms with van der Waals surface area (Å²) in [4.78, 5) is 23.5. The number of aliphatic carboxylic acids is 1. The largest absolute Gasteiger partial charge is 0.481 e. The Morgan fingerprint density at radius 2 is 2.11 bits per heavy atom.